The van der Waals surface area contributed by atoms with Crippen molar-refractivity contribution in [2.24, 2.45) is 5.92 Å². The van der Waals surface area contributed by atoms with Gasteiger partial charge in [-0.05, 0) is 53.8 Å². The van der Waals surface area contributed by atoms with E-state index in [2.05, 4.69) is 5.32 Å². The van der Waals surface area contributed by atoms with Gasteiger partial charge in [0, 0.05) is 12.1 Å². The lowest BCUT2D eigenvalue weighted by atomic mass is 10.0. The lowest BCUT2D eigenvalue weighted by Crippen LogP contribution is -2.50. The number of anilines is 1. The first-order valence-corrected chi connectivity index (χ1v) is 13.8. The quantitative estimate of drug-likeness (QED) is 0.526. The second kappa shape index (κ2) is 9.89. The molecule has 0 saturated carbocycles. The van der Waals surface area contributed by atoms with Gasteiger partial charge < -0.3 is 19.7 Å². The zero-order valence-corrected chi connectivity index (χ0v) is 21.5. The van der Waals surface area contributed by atoms with Crippen LogP contribution in [0.25, 0.3) is 11.1 Å². The fourth-order valence-electron chi connectivity index (χ4n) is 4.49. The molecule has 3 aromatic rings. The summed E-state index contributed by atoms with van der Waals surface area (Å²) >= 11 is 0. The van der Waals surface area contributed by atoms with E-state index >= 15 is 0 Å². The summed E-state index contributed by atoms with van der Waals surface area (Å²) in [6.07, 6.45) is 0.670. The molecule has 1 atom stereocenters. The highest BCUT2D eigenvalue weighted by atomic mass is 32.2. The van der Waals surface area contributed by atoms with Crippen LogP contribution in [-0.4, -0.2) is 45.4 Å². The predicted molar refractivity (Wildman–Crippen MR) is 140 cm³/mol. The summed E-state index contributed by atoms with van der Waals surface area (Å²) in [5, 5.41) is 2.66. The smallest absolute Gasteiger partial charge is 0.252 e. The minimum absolute atomic E-state index is 0.0633. The van der Waals surface area contributed by atoms with E-state index in [9.17, 15) is 18.0 Å². The van der Waals surface area contributed by atoms with E-state index in [-0.39, 0.29) is 23.2 Å². The van der Waals surface area contributed by atoms with E-state index in [0.717, 1.165) is 11.1 Å². The topological polar surface area (TPSA) is 102 Å². The minimum atomic E-state index is -3.89. The molecule has 2 heterocycles. The van der Waals surface area contributed by atoms with Crippen LogP contribution < -0.4 is 19.7 Å². The number of rotatable bonds is 6. The Labute approximate surface area is 216 Å². The molecule has 0 bridgehead atoms. The number of sulfone groups is 1. The maximum absolute atomic E-state index is 13.8. The van der Waals surface area contributed by atoms with Crippen LogP contribution in [0.3, 0.4) is 0 Å². The Bertz CT molecular complexity index is 1450. The number of carbonyl (C=O) groups is 2. The predicted octanol–water partition coefficient (Wildman–Crippen LogP) is 4.05. The summed E-state index contributed by atoms with van der Waals surface area (Å²) in [5.74, 6) is -0.317. The van der Waals surface area contributed by atoms with Crippen LogP contribution in [0.15, 0.2) is 71.6 Å². The first-order chi connectivity index (χ1) is 17.7. The third kappa shape index (κ3) is 5.04. The minimum Gasteiger partial charge on any atom is -0.454 e. The second-order valence-corrected chi connectivity index (χ2v) is 11.6. The van der Waals surface area contributed by atoms with Crippen molar-refractivity contribution < 1.29 is 27.5 Å². The van der Waals surface area contributed by atoms with Crippen molar-refractivity contribution in [3.63, 3.8) is 0 Å². The Balaban J connectivity index is 1.51. The summed E-state index contributed by atoms with van der Waals surface area (Å²) in [5.41, 5.74) is 2.30. The van der Waals surface area contributed by atoms with Crippen molar-refractivity contribution in [2.75, 3.05) is 24.0 Å². The highest BCUT2D eigenvalue weighted by molar-refractivity contribution is 7.91. The van der Waals surface area contributed by atoms with Gasteiger partial charge in [-0.25, -0.2) is 8.42 Å². The number of benzene rings is 3. The van der Waals surface area contributed by atoms with Gasteiger partial charge in [0.1, 0.15) is 6.04 Å². The largest absolute Gasteiger partial charge is 0.454 e. The van der Waals surface area contributed by atoms with Gasteiger partial charge in [-0.15, -0.1) is 0 Å². The van der Waals surface area contributed by atoms with E-state index in [4.69, 9.17) is 9.47 Å². The number of amides is 2. The van der Waals surface area contributed by atoms with Crippen LogP contribution in [0.1, 0.15) is 30.6 Å². The summed E-state index contributed by atoms with van der Waals surface area (Å²) in [7, 11) is -3.89. The Morgan fingerprint density at radius 1 is 1.00 bits per heavy atom. The summed E-state index contributed by atoms with van der Waals surface area (Å²) in [6.45, 7) is 4.47. The molecule has 0 saturated heterocycles. The molecule has 8 nitrogen and oxygen atoms in total. The highest BCUT2D eigenvalue weighted by Gasteiger charge is 2.39. The second-order valence-electron chi connectivity index (χ2n) is 9.60. The highest BCUT2D eigenvalue weighted by Crippen LogP contribution is 2.36. The molecular weight excluding hydrogens is 492 g/mol. The number of nitrogens with zero attached hydrogens (tertiary/aromatic N) is 1. The van der Waals surface area contributed by atoms with E-state index in [0.29, 0.717) is 30.2 Å². The van der Waals surface area contributed by atoms with Crippen LogP contribution in [-0.2, 0) is 14.6 Å². The lowest BCUT2D eigenvalue weighted by Gasteiger charge is -2.26. The summed E-state index contributed by atoms with van der Waals surface area (Å²) < 4.78 is 37.6. The Kier molecular flexibility index (Phi) is 6.64. The van der Waals surface area contributed by atoms with E-state index in [1.807, 2.05) is 44.2 Å². The van der Waals surface area contributed by atoms with Gasteiger partial charge in [0.25, 0.3) is 11.8 Å². The zero-order valence-electron chi connectivity index (χ0n) is 20.6. The molecule has 37 heavy (non-hydrogen) atoms. The molecule has 0 radical (unpaired) electrons. The van der Waals surface area contributed by atoms with Crippen LogP contribution in [0, 0.1) is 5.92 Å². The first kappa shape index (κ1) is 24.8. The Morgan fingerprint density at radius 3 is 2.51 bits per heavy atom. The van der Waals surface area contributed by atoms with Crippen LogP contribution in [0.4, 0.5) is 5.69 Å². The van der Waals surface area contributed by atoms with E-state index < -0.39 is 33.4 Å². The van der Waals surface area contributed by atoms with Gasteiger partial charge in [-0.1, -0.05) is 50.2 Å². The third-order valence-corrected chi connectivity index (χ3v) is 8.30. The average Bonchev–Trinajstić information content (AvgIpc) is 3.34. The normalized spacial score (nSPS) is 17.9. The molecule has 1 unspecified atom stereocenters. The maximum Gasteiger partial charge on any atom is 0.252 e. The monoisotopic (exact) mass is 520 g/mol. The van der Waals surface area contributed by atoms with Crippen LogP contribution in [0.5, 0.6) is 11.5 Å². The molecule has 2 amide bonds. The molecule has 5 rings (SSSR count). The van der Waals surface area contributed by atoms with Crippen molar-refractivity contribution in [2.45, 2.75) is 31.2 Å². The first-order valence-electron chi connectivity index (χ1n) is 12.2. The SMILES string of the molecule is CC(C)CCN1C(=O)C(NC(=O)c2ccc3c(c2)OCO3)CS(=O)(=O)c2ccc(-c3ccccc3)cc21. The molecule has 2 aliphatic rings. The van der Waals surface area contributed by atoms with Gasteiger partial charge in [0.15, 0.2) is 21.3 Å². The van der Waals surface area contributed by atoms with Crippen molar-refractivity contribution >= 4 is 27.3 Å². The fraction of sp³-hybridized carbons (Fsp3) is 0.286. The number of carbonyl (C=O) groups excluding carboxylic acids is 2. The van der Waals surface area contributed by atoms with Gasteiger partial charge in [0.05, 0.1) is 16.3 Å². The molecule has 9 heteroatoms. The van der Waals surface area contributed by atoms with Crippen LogP contribution >= 0.6 is 0 Å². The summed E-state index contributed by atoms with van der Waals surface area (Å²) in [6, 6.07) is 18.1. The zero-order chi connectivity index (χ0) is 26.2. The van der Waals surface area contributed by atoms with Crippen molar-refractivity contribution in [3.05, 3.63) is 72.3 Å². The number of hydrogen-bond donors (Lipinski definition) is 1. The molecular formula is C28H28N2O6S. The molecule has 3 aromatic carbocycles. The number of nitrogens with one attached hydrogen (secondary N) is 1. The fourth-order valence-corrected chi connectivity index (χ4v) is 6.10. The standard InChI is InChI=1S/C28H28N2O6S/c1-18(2)12-13-30-23-14-20(19-6-4-3-5-7-19)9-11-26(23)37(33,34)16-22(28(30)32)29-27(31)21-8-10-24-25(15-21)36-17-35-24/h3-11,14-15,18,22H,12-13,16-17H2,1-2H3,(H,29,31). The van der Waals surface area contributed by atoms with E-state index in [1.165, 1.54) is 11.0 Å². The number of fused-ring (bicyclic) bond motifs is 2. The molecule has 1 N–H and O–H groups in total. The van der Waals surface area contributed by atoms with Crippen LogP contribution in [0.2, 0.25) is 0 Å². The Hall–Kier alpha value is -3.85. The Morgan fingerprint density at radius 2 is 1.76 bits per heavy atom. The molecule has 192 valence electrons. The van der Waals surface area contributed by atoms with Gasteiger partial charge in [-0.2, -0.15) is 0 Å². The molecule has 2 aliphatic heterocycles. The van der Waals surface area contributed by atoms with Crippen molar-refractivity contribution in [1.82, 2.24) is 5.32 Å². The van der Waals surface area contributed by atoms with Gasteiger partial charge in [-0.3, -0.25) is 9.59 Å². The maximum atomic E-state index is 13.8. The molecule has 0 aliphatic carbocycles. The third-order valence-electron chi connectivity index (χ3n) is 6.51. The number of ether oxygens (including phenoxy) is 2. The van der Waals surface area contributed by atoms with E-state index in [1.54, 1.807) is 30.3 Å². The van der Waals surface area contributed by atoms with Gasteiger partial charge in [0.2, 0.25) is 6.79 Å². The molecule has 0 aromatic heterocycles. The lowest BCUT2D eigenvalue weighted by molar-refractivity contribution is -0.120. The van der Waals surface area contributed by atoms with Gasteiger partial charge >= 0.3 is 0 Å². The molecule has 0 spiro atoms. The van der Waals surface area contributed by atoms with Crippen molar-refractivity contribution in [3.8, 4) is 22.6 Å². The molecule has 0 fully saturated rings. The summed E-state index contributed by atoms with van der Waals surface area (Å²) in [4.78, 5) is 28.5. The number of hydrogen-bond acceptors (Lipinski definition) is 6. The average molecular weight is 521 g/mol. The van der Waals surface area contributed by atoms with Crippen molar-refractivity contribution in [1.29, 1.82) is 0 Å².